The Balaban J connectivity index is 1.70. The standard InChI is InChI=1S/C17H23N3O3/c1-23-15-9-7-13(8-10-15)12-18-20-17(22)11-16(21)19-14-5-3-2-4-6-14/h7-10,12,14H,2-6,11H2,1H3,(H,19,21)(H,20,22)/b18-12-. The molecule has 0 heterocycles. The van der Waals surface area contributed by atoms with Crippen LogP contribution in [-0.4, -0.2) is 31.2 Å². The molecule has 1 aliphatic carbocycles. The van der Waals surface area contributed by atoms with Gasteiger partial charge in [0.2, 0.25) is 11.8 Å². The van der Waals surface area contributed by atoms with Crippen LogP contribution in [0, 0.1) is 0 Å². The van der Waals surface area contributed by atoms with Crippen LogP contribution in [0.2, 0.25) is 0 Å². The fraction of sp³-hybridized carbons (Fsp3) is 0.471. The number of hydrogen-bond acceptors (Lipinski definition) is 4. The van der Waals surface area contributed by atoms with Crippen molar-refractivity contribution in [3.05, 3.63) is 29.8 Å². The highest BCUT2D eigenvalue weighted by Crippen LogP contribution is 2.17. The van der Waals surface area contributed by atoms with Crippen molar-refractivity contribution in [2.45, 2.75) is 44.6 Å². The van der Waals surface area contributed by atoms with Crippen molar-refractivity contribution in [1.29, 1.82) is 0 Å². The zero-order chi connectivity index (χ0) is 16.5. The number of rotatable bonds is 6. The van der Waals surface area contributed by atoms with Crippen molar-refractivity contribution in [1.82, 2.24) is 10.7 Å². The molecule has 0 unspecified atom stereocenters. The van der Waals surface area contributed by atoms with E-state index >= 15 is 0 Å². The minimum Gasteiger partial charge on any atom is -0.497 e. The number of carbonyl (C=O) groups is 2. The molecule has 6 nitrogen and oxygen atoms in total. The van der Waals surface area contributed by atoms with Crippen LogP contribution < -0.4 is 15.5 Å². The average molecular weight is 317 g/mol. The van der Waals surface area contributed by atoms with Crippen LogP contribution >= 0.6 is 0 Å². The van der Waals surface area contributed by atoms with Crippen molar-refractivity contribution in [2.24, 2.45) is 5.10 Å². The number of hydrazone groups is 1. The van der Waals surface area contributed by atoms with Crippen LogP contribution in [0.4, 0.5) is 0 Å². The average Bonchev–Trinajstić information content (AvgIpc) is 2.56. The summed E-state index contributed by atoms with van der Waals surface area (Å²) in [6.45, 7) is 0. The molecule has 0 aliphatic heterocycles. The number of carbonyl (C=O) groups excluding carboxylic acids is 2. The summed E-state index contributed by atoms with van der Waals surface area (Å²) in [4.78, 5) is 23.5. The van der Waals surface area contributed by atoms with Crippen LogP contribution in [0.3, 0.4) is 0 Å². The van der Waals surface area contributed by atoms with E-state index in [1.807, 2.05) is 12.1 Å². The van der Waals surface area contributed by atoms with Gasteiger partial charge in [-0.15, -0.1) is 0 Å². The Morgan fingerprint density at radius 2 is 1.87 bits per heavy atom. The van der Waals surface area contributed by atoms with Gasteiger partial charge in [-0.3, -0.25) is 9.59 Å². The molecule has 0 radical (unpaired) electrons. The van der Waals surface area contributed by atoms with Gasteiger partial charge in [0.1, 0.15) is 12.2 Å². The molecule has 0 saturated heterocycles. The smallest absolute Gasteiger partial charge is 0.249 e. The maximum Gasteiger partial charge on any atom is 0.249 e. The second-order valence-corrected chi connectivity index (χ2v) is 5.65. The van der Waals surface area contributed by atoms with Gasteiger partial charge in [-0.25, -0.2) is 5.43 Å². The summed E-state index contributed by atoms with van der Waals surface area (Å²) in [5.41, 5.74) is 3.20. The zero-order valence-electron chi connectivity index (χ0n) is 13.4. The molecule has 1 aliphatic rings. The molecule has 1 aromatic carbocycles. The maximum absolute atomic E-state index is 11.8. The second kappa shape index (κ2) is 8.92. The Morgan fingerprint density at radius 1 is 1.17 bits per heavy atom. The molecule has 124 valence electrons. The predicted octanol–water partition coefficient (Wildman–Crippen LogP) is 1.98. The van der Waals surface area contributed by atoms with E-state index < -0.39 is 5.91 Å². The van der Waals surface area contributed by atoms with Gasteiger partial charge in [-0.2, -0.15) is 5.10 Å². The van der Waals surface area contributed by atoms with E-state index in [-0.39, 0.29) is 18.4 Å². The highest BCUT2D eigenvalue weighted by Gasteiger charge is 2.17. The number of ether oxygens (including phenoxy) is 1. The Bertz CT molecular complexity index is 549. The molecule has 1 saturated carbocycles. The number of amides is 2. The third-order valence-electron chi connectivity index (χ3n) is 3.81. The first-order valence-electron chi connectivity index (χ1n) is 7.92. The number of nitrogens with zero attached hydrogens (tertiary/aromatic N) is 1. The fourth-order valence-corrected chi connectivity index (χ4v) is 2.58. The molecule has 23 heavy (non-hydrogen) atoms. The van der Waals surface area contributed by atoms with Crippen LogP contribution in [0.5, 0.6) is 5.75 Å². The highest BCUT2D eigenvalue weighted by atomic mass is 16.5. The quantitative estimate of drug-likeness (QED) is 0.478. The Labute approximate surface area is 136 Å². The molecule has 0 spiro atoms. The molecule has 0 atom stereocenters. The number of hydrogen-bond donors (Lipinski definition) is 2. The van der Waals surface area contributed by atoms with Gasteiger partial charge in [-0.05, 0) is 42.7 Å². The molecule has 2 rings (SSSR count). The van der Waals surface area contributed by atoms with Crippen molar-refractivity contribution in [2.75, 3.05) is 7.11 Å². The summed E-state index contributed by atoms with van der Waals surface area (Å²) in [5, 5.41) is 6.76. The van der Waals surface area contributed by atoms with E-state index in [1.165, 1.54) is 12.6 Å². The van der Waals surface area contributed by atoms with Gasteiger partial charge in [0.15, 0.2) is 0 Å². The van der Waals surface area contributed by atoms with E-state index in [4.69, 9.17) is 4.74 Å². The van der Waals surface area contributed by atoms with Crippen molar-refractivity contribution in [3.63, 3.8) is 0 Å². The first kappa shape index (κ1) is 17.0. The molecular weight excluding hydrogens is 294 g/mol. The van der Waals surface area contributed by atoms with Crippen molar-refractivity contribution >= 4 is 18.0 Å². The van der Waals surface area contributed by atoms with Crippen LogP contribution in [0.1, 0.15) is 44.1 Å². The fourth-order valence-electron chi connectivity index (χ4n) is 2.58. The molecule has 0 bridgehead atoms. The van der Waals surface area contributed by atoms with Gasteiger partial charge in [0.25, 0.3) is 0 Å². The first-order valence-corrected chi connectivity index (χ1v) is 7.92. The normalized spacial score (nSPS) is 15.3. The van der Waals surface area contributed by atoms with Crippen molar-refractivity contribution < 1.29 is 14.3 Å². The molecule has 0 aromatic heterocycles. The molecule has 6 heteroatoms. The van der Waals surface area contributed by atoms with Gasteiger partial charge < -0.3 is 10.1 Å². The molecule has 1 aromatic rings. The third-order valence-corrected chi connectivity index (χ3v) is 3.81. The van der Waals surface area contributed by atoms with Gasteiger partial charge >= 0.3 is 0 Å². The monoisotopic (exact) mass is 317 g/mol. The summed E-state index contributed by atoms with van der Waals surface area (Å²) >= 11 is 0. The molecule has 2 N–H and O–H groups in total. The number of methoxy groups -OCH3 is 1. The predicted molar refractivity (Wildman–Crippen MR) is 88.4 cm³/mol. The molecule has 2 amide bonds. The summed E-state index contributed by atoms with van der Waals surface area (Å²) in [6, 6.07) is 7.47. The SMILES string of the molecule is COc1ccc(/C=N\NC(=O)CC(=O)NC2CCCCC2)cc1. The van der Waals surface area contributed by atoms with Crippen molar-refractivity contribution in [3.8, 4) is 5.75 Å². The summed E-state index contributed by atoms with van der Waals surface area (Å²) in [7, 11) is 1.60. The lowest BCUT2D eigenvalue weighted by Crippen LogP contribution is -2.38. The first-order chi connectivity index (χ1) is 11.2. The van der Waals surface area contributed by atoms with Gasteiger partial charge in [0.05, 0.1) is 13.3 Å². The van der Waals surface area contributed by atoms with Gasteiger partial charge in [0, 0.05) is 6.04 Å². The van der Waals surface area contributed by atoms with Gasteiger partial charge in [-0.1, -0.05) is 19.3 Å². The maximum atomic E-state index is 11.8. The molecule has 1 fully saturated rings. The molecular formula is C17H23N3O3. The summed E-state index contributed by atoms with van der Waals surface area (Å²) in [6.07, 6.45) is 6.85. The Hall–Kier alpha value is -2.37. The summed E-state index contributed by atoms with van der Waals surface area (Å²) < 4.78 is 5.06. The second-order valence-electron chi connectivity index (χ2n) is 5.65. The Kier molecular flexibility index (Phi) is 6.59. The van der Waals surface area contributed by atoms with Crippen LogP contribution in [0.15, 0.2) is 29.4 Å². The van der Waals surface area contributed by atoms with E-state index in [2.05, 4.69) is 15.8 Å². The van der Waals surface area contributed by atoms with E-state index in [1.54, 1.807) is 19.2 Å². The zero-order valence-corrected chi connectivity index (χ0v) is 13.4. The lowest BCUT2D eigenvalue weighted by Gasteiger charge is -2.22. The van der Waals surface area contributed by atoms with E-state index in [0.717, 1.165) is 37.0 Å². The van der Waals surface area contributed by atoms with Crippen LogP contribution in [-0.2, 0) is 9.59 Å². The number of benzene rings is 1. The topological polar surface area (TPSA) is 79.8 Å². The third kappa shape index (κ3) is 6.10. The largest absolute Gasteiger partial charge is 0.497 e. The minimum atomic E-state index is -0.414. The Morgan fingerprint density at radius 3 is 2.52 bits per heavy atom. The minimum absolute atomic E-state index is 0.198. The van der Waals surface area contributed by atoms with E-state index in [0.29, 0.717) is 0 Å². The lowest BCUT2D eigenvalue weighted by atomic mass is 9.95. The highest BCUT2D eigenvalue weighted by molar-refractivity contribution is 5.97. The number of nitrogens with one attached hydrogen (secondary N) is 2. The summed E-state index contributed by atoms with van der Waals surface area (Å²) in [5.74, 6) is 0.0997. The van der Waals surface area contributed by atoms with E-state index in [9.17, 15) is 9.59 Å². The lowest BCUT2D eigenvalue weighted by molar-refractivity contribution is -0.129. The van der Waals surface area contributed by atoms with Crippen LogP contribution in [0.25, 0.3) is 0 Å².